The smallest absolute Gasteiger partial charge is 0.274 e. The van der Waals surface area contributed by atoms with Crippen LogP contribution < -0.4 is 10.3 Å². The van der Waals surface area contributed by atoms with Crippen molar-refractivity contribution in [2.75, 3.05) is 6.61 Å². The van der Waals surface area contributed by atoms with Gasteiger partial charge >= 0.3 is 0 Å². The summed E-state index contributed by atoms with van der Waals surface area (Å²) in [4.78, 5) is 25.6. The lowest BCUT2D eigenvalue weighted by Crippen LogP contribution is -2.32. The van der Waals surface area contributed by atoms with Crippen molar-refractivity contribution in [1.82, 2.24) is 9.78 Å². The lowest BCUT2D eigenvalue weighted by molar-refractivity contribution is 0.0881. The highest BCUT2D eigenvalue weighted by molar-refractivity contribution is 7.13. The number of aliphatic hydroxyl groups is 1. The summed E-state index contributed by atoms with van der Waals surface area (Å²) in [5.74, 6) is 0.611. The van der Waals surface area contributed by atoms with Crippen molar-refractivity contribution in [3.05, 3.63) is 82.0 Å². The number of ether oxygens (including phenoxy) is 1. The fourth-order valence-electron chi connectivity index (χ4n) is 3.34. The summed E-state index contributed by atoms with van der Waals surface area (Å²) in [6.07, 6.45) is -0.487. The van der Waals surface area contributed by atoms with E-state index in [1.165, 1.54) is 4.68 Å². The van der Waals surface area contributed by atoms with Crippen molar-refractivity contribution in [1.29, 1.82) is 0 Å². The number of hydrogen-bond acceptors (Lipinski definition) is 6. The Morgan fingerprint density at radius 1 is 1.10 bits per heavy atom. The lowest BCUT2D eigenvalue weighted by Gasteiger charge is -2.15. The molecule has 4 rings (SSSR count). The summed E-state index contributed by atoms with van der Waals surface area (Å²) in [5, 5.41) is 18.3. The molecular formula is C24H22N2O4S. The molecule has 0 saturated heterocycles. The molecule has 0 spiro atoms. The normalized spacial score (nSPS) is 12.1. The van der Waals surface area contributed by atoms with Gasteiger partial charge in [0.15, 0.2) is 5.78 Å². The van der Waals surface area contributed by atoms with Crippen LogP contribution in [0.5, 0.6) is 5.75 Å². The van der Waals surface area contributed by atoms with E-state index in [0.29, 0.717) is 23.1 Å². The molecule has 1 N–H and O–H groups in total. The topological polar surface area (TPSA) is 81.4 Å². The largest absolute Gasteiger partial charge is 0.491 e. The van der Waals surface area contributed by atoms with Gasteiger partial charge in [0.1, 0.15) is 24.2 Å². The molecule has 158 valence electrons. The van der Waals surface area contributed by atoms with Gasteiger partial charge in [0.05, 0.1) is 16.8 Å². The fourth-order valence-corrected chi connectivity index (χ4v) is 4.06. The van der Waals surface area contributed by atoms with Crippen molar-refractivity contribution >= 4 is 27.9 Å². The Labute approximate surface area is 183 Å². The van der Waals surface area contributed by atoms with Crippen LogP contribution in [0.15, 0.2) is 70.8 Å². The highest BCUT2D eigenvalue weighted by Crippen LogP contribution is 2.28. The van der Waals surface area contributed by atoms with Gasteiger partial charge in [-0.25, -0.2) is 4.68 Å². The molecule has 0 saturated carbocycles. The first-order valence-corrected chi connectivity index (χ1v) is 10.9. The molecule has 2 aromatic carbocycles. The van der Waals surface area contributed by atoms with E-state index in [-0.39, 0.29) is 24.5 Å². The van der Waals surface area contributed by atoms with E-state index in [4.69, 9.17) is 4.74 Å². The van der Waals surface area contributed by atoms with Gasteiger partial charge in [-0.05, 0) is 41.8 Å². The van der Waals surface area contributed by atoms with Crippen molar-refractivity contribution < 1.29 is 14.6 Å². The molecular weight excluding hydrogens is 412 g/mol. The van der Waals surface area contributed by atoms with Crippen LogP contribution in [0.1, 0.15) is 23.7 Å². The van der Waals surface area contributed by atoms with E-state index < -0.39 is 6.10 Å². The molecule has 2 aromatic heterocycles. The molecule has 6 nitrogen and oxygen atoms in total. The first-order chi connectivity index (χ1) is 15.1. The number of hydrogen-bond donors (Lipinski definition) is 1. The Morgan fingerprint density at radius 2 is 1.84 bits per heavy atom. The van der Waals surface area contributed by atoms with Gasteiger partial charge in [0.25, 0.3) is 5.56 Å². The van der Waals surface area contributed by atoms with Gasteiger partial charge in [-0.1, -0.05) is 31.2 Å². The number of carbonyl (C=O) groups excluding carboxylic acids is 1. The van der Waals surface area contributed by atoms with E-state index in [1.54, 1.807) is 41.7 Å². The van der Waals surface area contributed by atoms with Crippen LogP contribution in [-0.4, -0.2) is 33.4 Å². The minimum absolute atomic E-state index is 0.00362. The zero-order chi connectivity index (χ0) is 21.8. The van der Waals surface area contributed by atoms with Gasteiger partial charge in [-0.15, -0.1) is 11.3 Å². The molecule has 0 aliphatic rings. The molecule has 31 heavy (non-hydrogen) atoms. The molecule has 1 unspecified atom stereocenters. The number of ketones is 1. The quantitative estimate of drug-likeness (QED) is 0.421. The van der Waals surface area contributed by atoms with Gasteiger partial charge in [-0.2, -0.15) is 5.10 Å². The highest BCUT2D eigenvalue weighted by Gasteiger charge is 2.15. The summed E-state index contributed by atoms with van der Waals surface area (Å²) in [7, 11) is 0. The summed E-state index contributed by atoms with van der Waals surface area (Å²) in [6.45, 7) is 1.82. The van der Waals surface area contributed by atoms with E-state index in [2.05, 4.69) is 5.10 Å². The third-order valence-corrected chi connectivity index (χ3v) is 5.82. The Bertz CT molecular complexity index is 1250. The van der Waals surface area contributed by atoms with Gasteiger partial charge in [0, 0.05) is 17.4 Å². The molecule has 2 heterocycles. The van der Waals surface area contributed by atoms with Crippen LogP contribution in [-0.2, 0) is 6.54 Å². The predicted octanol–water partition coefficient (Wildman–Crippen LogP) is 4.16. The van der Waals surface area contributed by atoms with Crippen molar-refractivity contribution in [2.45, 2.75) is 26.0 Å². The fraction of sp³-hybridized carbons (Fsp3) is 0.208. The number of thiophene rings is 1. The SMILES string of the molecule is CCC(=O)c1ccc(OCC(O)Cn2nc(-c3cccs3)c3ccccc3c2=O)cc1. The van der Waals surface area contributed by atoms with Crippen LogP contribution in [0.25, 0.3) is 21.3 Å². The molecule has 0 fully saturated rings. The number of fused-ring (bicyclic) bond motifs is 1. The van der Waals surface area contributed by atoms with Crippen molar-refractivity contribution in [3.8, 4) is 16.3 Å². The maximum absolute atomic E-state index is 12.9. The Morgan fingerprint density at radius 3 is 2.52 bits per heavy atom. The van der Waals surface area contributed by atoms with Crippen LogP contribution in [0, 0.1) is 0 Å². The average molecular weight is 435 g/mol. The second-order valence-electron chi connectivity index (χ2n) is 7.12. The molecule has 7 heteroatoms. The van der Waals surface area contributed by atoms with E-state index in [0.717, 1.165) is 16.0 Å². The number of benzene rings is 2. The standard InChI is InChI=1S/C24H22N2O4S/c1-2-21(28)16-9-11-18(12-10-16)30-15-17(27)14-26-24(29)20-7-4-3-6-19(20)23(25-26)22-8-5-13-31-22/h3-13,17,27H,2,14-15H2,1H3. The zero-order valence-electron chi connectivity index (χ0n) is 17.0. The Hall–Kier alpha value is -3.29. The minimum atomic E-state index is -0.931. The van der Waals surface area contributed by atoms with Crippen molar-refractivity contribution in [2.24, 2.45) is 0 Å². The summed E-state index contributed by atoms with van der Waals surface area (Å²) < 4.78 is 6.94. The molecule has 1 atom stereocenters. The average Bonchev–Trinajstić information content (AvgIpc) is 3.34. The molecule has 0 bridgehead atoms. The summed E-state index contributed by atoms with van der Waals surface area (Å²) >= 11 is 1.55. The lowest BCUT2D eigenvalue weighted by atomic mass is 10.1. The summed E-state index contributed by atoms with van der Waals surface area (Å²) in [5.41, 5.74) is 1.09. The maximum Gasteiger partial charge on any atom is 0.274 e. The number of nitrogens with zero attached hydrogens (tertiary/aromatic N) is 2. The molecule has 0 aliphatic heterocycles. The second kappa shape index (κ2) is 9.24. The van der Waals surface area contributed by atoms with Crippen LogP contribution >= 0.6 is 11.3 Å². The van der Waals surface area contributed by atoms with E-state index in [9.17, 15) is 14.7 Å². The number of Topliss-reactive ketones (excluding diaryl/α,β-unsaturated/α-hetero) is 1. The van der Waals surface area contributed by atoms with E-state index >= 15 is 0 Å². The molecule has 0 radical (unpaired) electrons. The van der Waals surface area contributed by atoms with Gasteiger partial charge in [-0.3, -0.25) is 9.59 Å². The number of aromatic nitrogens is 2. The van der Waals surface area contributed by atoms with E-state index in [1.807, 2.05) is 42.6 Å². The number of aliphatic hydroxyl groups excluding tert-OH is 1. The molecule has 0 amide bonds. The van der Waals surface area contributed by atoms with Gasteiger partial charge in [0.2, 0.25) is 0 Å². The third-order valence-electron chi connectivity index (χ3n) is 4.95. The predicted molar refractivity (Wildman–Crippen MR) is 122 cm³/mol. The number of carbonyl (C=O) groups is 1. The monoisotopic (exact) mass is 434 g/mol. The molecule has 0 aliphatic carbocycles. The first kappa shape index (κ1) is 21.0. The van der Waals surface area contributed by atoms with Crippen LogP contribution in [0.4, 0.5) is 0 Å². The van der Waals surface area contributed by atoms with Crippen LogP contribution in [0.2, 0.25) is 0 Å². The third kappa shape index (κ3) is 4.57. The Balaban J connectivity index is 1.52. The Kier molecular flexibility index (Phi) is 6.25. The number of rotatable bonds is 8. The maximum atomic E-state index is 12.9. The highest BCUT2D eigenvalue weighted by atomic mass is 32.1. The van der Waals surface area contributed by atoms with Gasteiger partial charge < -0.3 is 9.84 Å². The second-order valence-corrected chi connectivity index (χ2v) is 8.07. The van der Waals surface area contributed by atoms with Crippen LogP contribution in [0.3, 0.4) is 0 Å². The summed E-state index contributed by atoms with van der Waals surface area (Å²) in [6, 6.07) is 18.1. The zero-order valence-corrected chi connectivity index (χ0v) is 17.8. The minimum Gasteiger partial charge on any atom is -0.491 e. The molecule has 4 aromatic rings. The van der Waals surface area contributed by atoms with Crippen molar-refractivity contribution in [3.63, 3.8) is 0 Å². The first-order valence-electron chi connectivity index (χ1n) is 10.0.